The number of likely N-dealkylation sites (tertiary alicyclic amines) is 1. The molecule has 3 nitrogen and oxygen atoms in total. The molecule has 1 aliphatic rings. The van der Waals surface area contributed by atoms with E-state index >= 15 is 0 Å². The van der Waals surface area contributed by atoms with Crippen LogP contribution in [0.3, 0.4) is 0 Å². The molecule has 0 bridgehead atoms. The number of rotatable bonds is 5. The second-order valence-electron chi connectivity index (χ2n) is 4.07. The molecule has 15 heavy (non-hydrogen) atoms. The van der Waals surface area contributed by atoms with E-state index in [2.05, 4.69) is 0 Å². The number of amides is 1. The van der Waals surface area contributed by atoms with Crippen LogP contribution in [0.4, 0.5) is 0 Å². The minimum Gasteiger partial charge on any atom is -0.339 e. The number of unbranched alkanes of at least 4 members (excludes halogenated alkanes) is 2. The molecule has 1 rings (SSSR count). The lowest BCUT2D eigenvalue weighted by atomic mass is 10.1. The molecule has 3 heteroatoms. The molecule has 0 atom stereocenters. The van der Waals surface area contributed by atoms with Gasteiger partial charge in [0, 0.05) is 13.1 Å². The summed E-state index contributed by atoms with van der Waals surface area (Å²) in [5.74, 6) is 0.183. The van der Waals surface area contributed by atoms with Gasteiger partial charge in [0.05, 0.1) is 0 Å². The molecule has 1 heterocycles. The van der Waals surface area contributed by atoms with Crippen molar-refractivity contribution < 1.29 is 4.79 Å². The summed E-state index contributed by atoms with van der Waals surface area (Å²) in [5.41, 5.74) is 5.39. The van der Waals surface area contributed by atoms with Crippen LogP contribution in [0.2, 0.25) is 0 Å². The summed E-state index contributed by atoms with van der Waals surface area (Å²) in [6, 6.07) is 0. The van der Waals surface area contributed by atoms with Crippen LogP contribution < -0.4 is 5.73 Å². The predicted octanol–water partition coefficient (Wildman–Crippen LogP) is 1.68. The lowest BCUT2D eigenvalue weighted by molar-refractivity contribution is -0.126. The van der Waals surface area contributed by atoms with Crippen LogP contribution in [0.1, 0.15) is 38.5 Å². The van der Waals surface area contributed by atoms with Crippen molar-refractivity contribution in [3.8, 4) is 0 Å². The zero-order valence-corrected chi connectivity index (χ0v) is 9.45. The van der Waals surface area contributed by atoms with Crippen LogP contribution in [0.15, 0.2) is 12.2 Å². The average Bonchev–Trinajstić information content (AvgIpc) is 2.30. The van der Waals surface area contributed by atoms with Crippen LogP contribution in [0.25, 0.3) is 0 Å². The highest BCUT2D eigenvalue weighted by atomic mass is 16.2. The van der Waals surface area contributed by atoms with Crippen LogP contribution in [0, 0.1) is 0 Å². The van der Waals surface area contributed by atoms with Gasteiger partial charge in [0.2, 0.25) is 5.91 Å². The minimum atomic E-state index is 0.183. The maximum absolute atomic E-state index is 11.6. The van der Waals surface area contributed by atoms with Crippen molar-refractivity contribution in [1.82, 2.24) is 4.90 Å². The van der Waals surface area contributed by atoms with E-state index in [-0.39, 0.29) is 5.91 Å². The topological polar surface area (TPSA) is 46.3 Å². The molecule has 0 radical (unpaired) electrons. The van der Waals surface area contributed by atoms with E-state index in [9.17, 15) is 4.79 Å². The van der Waals surface area contributed by atoms with E-state index in [0.717, 1.165) is 51.7 Å². The molecule has 1 amide bonds. The third-order valence-corrected chi connectivity index (χ3v) is 2.75. The number of allylic oxidation sites excluding steroid dienone is 1. The van der Waals surface area contributed by atoms with E-state index in [1.807, 2.05) is 11.0 Å². The first-order valence-electron chi connectivity index (χ1n) is 6.00. The first-order chi connectivity index (χ1) is 7.34. The molecule has 2 N–H and O–H groups in total. The predicted molar refractivity (Wildman–Crippen MR) is 62.5 cm³/mol. The third kappa shape index (κ3) is 4.98. The molecule has 0 spiro atoms. The molecule has 1 aliphatic heterocycles. The summed E-state index contributed by atoms with van der Waals surface area (Å²) >= 11 is 0. The Morgan fingerprint density at radius 1 is 1.20 bits per heavy atom. The van der Waals surface area contributed by atoms with Crippen molar-refractivity contribution in [2.45, 2.75) is 38.5 Å². The molecular weight excluding hydrogens is 188 g/mol. The Morgan fingerprint density at radius 3 is 2.60 bits per heavy atom. The van der Waals surface area contributed by atoms with Crippen molar-refractivity contribution in [1.29, 1.82) is 0 Å². The summed E-state index contributed by atoms with van der Waals surface area (Å²) in [4.78, 5) is 13.6. The molecule has 0 unspecified atom stereocenters. The average molecular weight is 210 g/mol. The molecular formula is C12H22N2O. The molecule has 0 saturated carbocycles. The van der Waals surface area contributed by atoms with Gasteiger partial charge in [0.1, 0.15) is 0 Å². The van der Waals surface area contributed by atoms with Crippen molar-refractivity contribution in [3.05, 3.63) is 12.2 Å². The Hall–Kier alpha value is -0.830. The zero-order chi connectivity index (χ0) is 10.9. The normalized spacial score (nSPS) is 17.3. The number of nitrogens with zero attached hydrogens (tertiary/aromatic N) is 1. The van der Waals surface area contributed by atoms with Gasteiger partial charge in [-0.3, -0.25) is 4.79 Å². The second-order valence-corrected chi connectivity index (χ2v) is 4.07. The lowest BCUT2D eigenvalue weighted by Crippen LogP contribution is -2.34. The SMILES string of the molecule is NCCCC/C=C/C(=O)N1CCCCC1. The van der Waals surface area contributed by atoms with E-state index in [4.69, 9.17) is 5.73 Å². The van der Waals surface area contributed by atoms with Crippen molar-refractivity contribution in [2.24, 2.45) is 5.73 Å². The van der Waals surface area contributed by atoms with Gasteiger partial charge in [0.25, 0.3) is 0 Å². The van der Waals surface area contributed by atoms with Gasteiger partial charge in [-0.25, -0.2) is 0 Å². The van der Waals surface area contributed by atoms with E-state index in [1.165, 1.54) is 6.42 Å². The summed E-state index contributed by atoms with van der Waals surface area (Å²) in [7, 11) is 0. The maximum Gasteiger partial charge on any atom is 0.246 e. The fourth-order valence-electron chi connectivity index (χ4n) is 1.81. The van der Waals surface area contributed by atoms with Crippen LogP contribution in [-0.4, -0.2) is 30.4 Å². The Labute approximate surface area is 92.3 Å². The minimum absolute atomic E-state index is 0.183. The Kier molecular flexibility index (Phi) is 6.09. The number of nitrogens with two attached hydrogens (primary N) is 1. The van der Waals surface area contributed by atoms with Crippen LogP contribution >= 0.6 is 0 Å². The Balaban J connectivity index is 2.15. The monoisotopic (exact) mass is 210 g/mol. The van der Waals surface area contributed by atoms with Gasteiger partial charge < -0.3 is 10.6 Å². The van der Waals surface area contributed by atoms with Crippen LogP contribution in [0.5, 0.6) is 0 Å². The first kappa shape index (κ1) is 12.2. The lowest BCUT2D eigenvalue weighted by Gasteiger charge is -2.25. The third-order valence-electron chi connectivity index (χ3n) is 2.75. The highest BCUT2D eigenvalue weighted by molar-refractivity contribution is 5.87. The van der Waals surface area contributed by atoms with E-state index in [1.54, 1.807) is 6.08 Å². The van der Waals surface area contributed by atoms with Gasteiger partial charge in [-0.1, -0.05) is 6.08 Å². The van der Waals surface area contributed by atoms with Gasteiger partial charge in [-0.15, -0.1) is 0 Å². The molecule has 0 aliphatic carbocycles. The highest BCUT2D eigenvalue weighted by Gasteiger charge is 2.13. The Bertz CT molecular complexity index is 208. The second kappa shape index (κ2) is 7.46. The summed E-state index contributed by atoms with van der Waals surface area (Å²) in [5, 5.41) is 0. The molecule has 86 valence electrons. The summed E-state index contributed by atoms with van der Waals surface area (Å²) < 4.78 is 0. The number of hydrogen-bond acceptors (Lipinski definition) is 2. The van der Waals surface area contributed by atoms with Gasteiger partial charge >= 0.3 is 0 Å². The number of piperidine rings is 1. The van der Waals surface area contributed by atoms with Crippen LogP contribution in [-0.2, 0) is 4.79 Å². The number of carbonyl (C=O) groups excluding carboxylic acids is 1. The quantitative estimate of drug-likeness (QED) is 0.554. The number of hydrogen-bond donors (Lipinski definition) is 1. The van der Waals surface area contributed by atoms with Gasteiger partial charge in [-0.2, -0.15) is 0 Å². The summed E-state index contributed by atoms with van der Waals surface area (Å²) in [6.07, 6.45) is 10.4. The molecule has 0 aromatic rings. The van der Waals surface area contributed by atoms with Gasteiger partial charge in [0.15, 0.2) is 0 Å². The van der Waals surface area contributed by atoms with Crippen molar-refractivity contribution in [3.63, 3.8) is 0 Å². The highest BCUT2D eigenvalue weighted by Crippen LogP contribution is 2.09. The fourth-order valence-corrected chi connectivity index (χ4v) is 1.81. The molecule has 1 fully saturated rings. The van der Waals surface area contributed by atoms with Crippen molar-refractivity contribution in [2.75, 3.05) is 19.6 Å². The number of carbonyl (C=O) groups is 1. The fraction of sp³-hybridized carbons (Fsp3) is 0.750. The van der Waals surface area contributed by atoms with E-state index < -0.39 is 0 Å². The smallest absolute Gasteiger partial charge is 0.246 e. The maximum atomic E-state index is 11.6. The molecule has 0 aromatic carbocycles. The molecule has 1 saturated heterocycles. The van der Waals surface area contributed by atoms with Gasteiger partial charge in [-0.05, 0) is 51.1 Å². The Morgan fingerprint density at radius 2 is 1.93 bits per heavy atom. The van der Waals surface area contributed by atoms with Crippen molar-refractivity contribution >= 4 is 5.91 Å². The standard InChI is InChI=1S/C12H22N2O/c13-9-5-2-1-4-8-12(15)14-10-6-3-7-11-14/h4,8H,1-3,5-7,9-11,13H2/b8-4+. The zero-order valence-electron chi connectivity index (χ0n) is 9.45. The first-order valence-corrected chi connectivity index (χ1v) is 6.00. The summed E-state index contributed by atoms with van der Waals surface area (Å²) in [6.45, 7) is 2.62. The van der Waals surface area contributed by atoms with E-state index in [0.29, 0.717) is 0 Å². The largest absolute Gasteiger partial charge is 0.339 e. The molecule has 0 aromatic heterocycles.